The molecule has 3 rings (SSSR count). The Labute approximate surface area is 165 Å². The zero-order valence-corrected chi connectivity index (χ0v) is 16.0. The van der Waals surface area contributed by atoms with Gasteiger partial charge in [0.05, 0.1) is 23.1 Å². The molecular formula is C18H17Cl2N3O4. The van der Waals surface area contributed by atoms with E-state index in [2.05, 4.69) is 10.4 Å². The number of rotatable bonds is 8. The molecule has 9 heteroatoms. The van der Waals surface area contributed by atoms with Crippen LogP contribution in [0.25, 0.3) is 0 Å². The van der Waals surface area contributed by atoms with E-state index in [0.717, 1.165) is 0 Å². The normalized spacial score (nSPS) is 10.8. The van der Waals surface area contributed by atoms with Gasteiger partial charge in [-0.05, 0) is 31.2 Å². The third kappa shape index (κ3) is 5.03. The van der Waals surface area contributed by atoms with Crippen LogP contribution in [0.5, 0.6) is 5.75 Å². The maximum Gasteiger partial charge on any atom is 0.291 e. The van der Waals surface area contributed by atoms with Crippen LogP contribution < -0.4 is 10.1 Å². The number of ether oxygens (including phenoxy) is 2. The zero-order valence-electron chi connectivity index (χ0n) is 14.4. The van der Waals surface area contributed by atoms with Gasteiger partial charge in [0.25, 0.3) is 5.91 Å². The minimum Gasteiger partial charge on any atom is -0.484 e. The fraction of sp³-hybridized carbons (Fsp3) is 0.222. The Bertz CT molecular complexity index is 923. The molecule has 0 spiro atoms. The van der Waals surface area contributed by atoms with Gasteiger partial charge in [-0.3, -0.25) is 4.79 Å². The van der Waals surface area contributed by atoms with Gasteiger partial charge in [-0.25, -0.2) is 4.68 Å². The van der Waals surface area contributed by atoms with Gasteiger partial charge in [-0.1, -0.05) is 29.3 Å². The summed E-state index contributed by atoms with van der Waals surface area (Å²) >= 11 is 12.0. The van der Waals surface area contributed by atoms with E-state index < -0.39 is 5.91 Å². The van der Waals surface area contributed by atoms with Crippen molar-refractivity contribution in [2.75, 3.05) is 11.9 Å². The monoisotopic (exact) mass is 409 g/mol. The summed E-state index contributed by atoms with van der Waals surface area (Å²) in [6.45, 7) is 2.91. The number of halogens is 2. The lowest BCUT2D eigenvalue weighted by Crippen LogP contribution is -2.10. The van der Waals surface area contributed by atoms with Gasteiger partial charge in [0, 0.05) is 6.61 Å². The fourth-order valence-corrected chi connectivity index (χ4v) is 2.54. The number of hydrogen-bond donors (Lipinski definition) is 1. The summed E-state index contributed by atoms with van der Waals surface area (Å²) in [6, 6.07) is 8.33. The number of nitrogens with zero attached hydrogens (tertiary/aromatic N) is 2. The van der Waals surface area contributed by atoms with Crippen molar-refractivity contribution in [3.8, 4) is 5.75 Å². The number of aromatic nitrogens is 2. The highest BCUT2D eigenvalue weighted by molar-refractivity contribution is 6.42. The molecule has 7 nitrogen and oxygen atoms in total. The summed E-state index contributed by atoms with van der Waals surface area (Å²) < 4.78 is 17.9. The number of carbonyl (C=O) groups is 1. The number of nitrogens with one attached hydrogen (secondary N) is 1. The van der Waals surface area contributed by atoms with Crippen molar-refractivity contribution in [3.63, 3.8) is 0 Å². The molecule has 0 atom stereocenters. The SMILES string of the molecule is CCOCn1cc(NC(=O)c2ccc(COc3cccc(Cl)c3Cl)o2)cn1. The number of anilines is 1. The predicted molar refractivity (Wildman–Crippen MR) is 101 cm³/mol. The molecule has 2 heterocycles. The van der Waals surface area contributed by atoms with Crippen molar-refractivity contribution in [1.29, 1.82) is 0 Å². The van der Waals surface area contributed by atoms with Crippen LogP contribution in [0.2, 0.25) is 10.0 Å². The summed E-state index contributed by atoms with van der Waals surface area (Å²) in [5.41, 5.74) is 0.541. The third-order valence-electron chi connectivity index (χ3n) is 3.49. The summed E-state index contributed by atoms with van der Waals surface area (Å²) in [6.07, 6.45) is 3.20. The molecule has 0 aliphatic rings. The van der Waals surface area contributed by atoms with E-state index in [0.29, 0.717) is 40.6 Å². The van der Waals surface area contributed by atoms with E-state index in [1.54, 1.807) is 41.2 Å². The Morgan fingerprint density at radius 3 is 2.96 bits per heavy atom. The van der Waals surface area contributed by atoms with Crippen LogP contribution in [0.3, 0.4) is 0 Å². The van der Waals surface area contributed by atoms with E-state index in [1.807, 2.05) is 6.92 Å². The van der Waals surface area contributed by atoms with Gasteiger partial charge in [-0.15, -0.1) is 0 Å². The number of hydrogen-bond acceptors (Lipinski definition) is 5. The van der Waals surface area contributed by atoms with Crippen LogP contribution in [-0.2, 0) is 18.1 Å². The molecule has 0 aliphatic carbocycles. The smallest absolute Gasteiger partial charge is 0.291 e. The molecule has 1 amide bonds. The molecule has 0 aliphatic heterocycles. The zero-order chi connectivity index (χ0) is 19.2. The molecular weight excluding hydrogens is 393 g/mol. The first kappa shape index (κ1) is 19.3. The Balaban J connectivity index is 1.57. The summed E-state index contributed by atoms with van der Waals surface area (Å²) in [4.78, 5) is 12.3. The Kier molecular flexibility index (Phi) is 6.39. The standard InChI is InChI=1S/C18H17Cl2N3O4/c1-2-25-11-23-9-12(8-21-23)22-18(24)16-7-6-13(27-16)10-26-15-5-3-4-14(19)17(15)20/h3-9H,2,10-11H2,1H3,(H,22,24). The molecule has 0 radical (unpaired) electrons. The van der Waals surface area contributed by atoms with Crippen LogP contribution in [0, 0.1) is 0 Å². The predicted octanol–water partition coefficient (Wildman–Crippen LogP) is 4.61. The number of amides is 1. The van der Waals surface area contributed by atoms with Crippen LogP contribution in [0.1, 0.15) is 23.2 Å². The largest absolute Gasteiger partial charge is 0.484 e. The summed E-state index contributed by atoms with van der Waals surface area (Å²) in [5, 5.41) is 7.52. The fourth-order valence-electron chi connectivity index (χ4n) is 2.20. The number of carbonyl (C=O) groups excluding carboxylic acids is 1. The minimum atomic E-state index is -0.391. The van der Waals surface area contributed by atoms with E-state index in [9.17, 15) is 4.79 Å². The van der Waals surface area contributed by atoms with Crippen molar-refractivity contribution in [2.24, 2.45) is 0 Å². The van der Waals surface area contributed by atoms with E-state index >= 15 is 0 Å². The molecule has 1 aromatic carbocycles. The lowest BCUT2D eigenvalue weighted by Gasteiger charge is -2.07. The molecule has 1 N–H and O–H groups in total. The average molecular weight is 410 g/mol. The molecule has 0 saturated carbocycles. The van der Waals surface area contributed by atoms with Crippen molar-refractivity contribution in [3.05, 3.63) is 64.3 Å². The van der Waals surface area contributed by atoms with Gasteiger partial charge in [0.15, 0.2) is 5.76 Å². The van der Waals surface area contributed by atoms with Gasteiger partial charge in [0.1, 0.15) is 29.9 Å². The molecule has 142 valence electrons. The number of furan rings is 1. The molecule has 0 unspecified atom stereocenters. The maximum atomic E-state index is 12.3. The van der Waals surface area contributed by atoms with Gasteiger partial charge in [0.2, 0.25) is 0 Å². The minimum absolute atomic E-state index is 0.111. The van der Waals surface area contributed by atoms with Gasteiger partial charge in [-0.2, -0.15) is 5.10 Å². The van der Waals surface area contributed by atoms with Crippen molar-refractivity contribution < 1.29 is 18.7 Å². The summed E-state index contributed by atoms with van der Waals surface area (Å²) in [7, 11) is 0. The first-order valence-corrected chi connectivity index (χ1v) is 8.89. The van der Waals surface area contributed by atoms with Crippen LogP contribution in [0.15, 0.2) is 47.1 Å². The average Bonchev–Trinajstić information content (AvgIpc) is 3.30. The molecule has 0 saturated heterocycles. The Morgan fingerprint density at radius 2 is 2.15 bits per heavy atom. The second-order valence-corrected chi connectivity index (χ2v) is 6.24. The first-order valence-electron chi connectivity index (χ1n) is 8.14. The second-order valence-electron chi connectivity index (χ2n) is 5.45. The Morgan fingerprint density at radius 1 is 1.30 bits per heavy atom. The van der Waals surface area contributed by atoms with Gasteiger partial charge >= 0.3 is 0 Å². The van der Waals surface area contributed by atoms with Gasteiger partial charge < -0.3 is 19.2 Å². The second kappa shape index (κ2) is 8.94. The molecule has 0 bridgehead atoms. The molecule has 3 aromatic rings. The molecule has 2 aromatic heterocycles. The highest BCUT2D eigenvalue weighted by atomic mass is 35.5. The summed E-state index contributed by atoms with van der Waals surface area (Å²) in [5.74, 6) is 0.679. The topological polar surface area (TPSA) is 78.5 Å². The van der Waals surface area contributed by atoms with Crippen molar-refractivity contribution >= 4 is 34.8 Å². The maximum absolute atomic E-state index is 12.3. The highest BCUT2D eigenvalue weighted by Crippen LogP contribution is 2.32. The quantitative estimate of drug-likeness (QED) is 0.587. The highest BCUT2D eigenvalue weighted by Gasteiger charge is 2.13. The van der Waals surface area contributed by atoms with Crippen LogP contribution >= 0.6 is 23.2 Å². The van der Waals surface area contributed by atoms with Crippen LogP contribution in [-0.4, -0.2) is 22.3 Å². The van der Waals surface area contributed by atoms with Crippen molar-refractivity contribution in [2.45, 2.75) is 20.3 Å². The van der Waals surface area contributed by atoms with Crippen molar-refractivity contribution in [1.82, 2.24) is 9.78 Å². The lowest BCUT2D eigenvalue weighted by molar-refractivity contribution is 0.0792. The van der Waals surface area contributed by atoms with E-state index in [4.69, 9.17) is 37.1 Å². The van der Waals surface area contributed by atoms with Crippen LogP contribution in [0.4, 0.5) is 5.69 Å². The molecule has 0 fully saturated rings. The van der Waals surface area contributed by atoms with E-state index in [-0.39, 0.29) is 12.4 Å². The first-order chi connectivity index (χ1) is 13.1. The molecule has 27 heavy (non-hydrogen) atoms. The lowest BCUT2D eigenvalue weighted by atomic mass is 10.3. The number of benzene rings is 1. The Hall–Kier alpha value is -2.48. The van der Waals surface area contributed by atoms with E-state index in [1.165, 1.54) is 6.20 Å². The third-order valence-corrected chi connectivity index (χ3v) is 4.29.